The predicted octanol–water partition coefficient (Wildman–Crippen LogP) is 0.781. The molecule has 0 aliphatic heterocycles. The van der Waals surface area contributed by atoms with E-state index in [1.54, 1.807) is 5.38 Å². The zero-order valence-electron chi connectivity index (χ0n) is 9.81. The molecule has 1 aliphatic rings. The lowest BCUT2D eigenvalue weighted by Gasteiger charge is -2.25. The van der Waals surface area contributed by atoms with Gasteiger partial charge in [-0.05, 0) is 12.8 Å². The van der Waals surface area contributed by atoms with Gasteiger partial charge in [-0.1, -0.05) is 12.8 Å². The molecule has 0 bridgehead atoms. The summed E-state index contributed by atoms with van der Waals surface area (Å²) in [7, 11) is 0. The van der Waals surface area contributed by atoms with Gasteiger partial charge in [-0.3, -0.25) is 4.79 Å². The Bertz CT molecular complexity index is 466. The smallest absolute Gasteiger partial charge is 0.329 e. The Balaban J connectivity index is 1.99. The number of nitrogens with two attached hydrogens (primary N) is 1. The Kier molecular flexibility index (Phi) is 3.51. The molecule has 0 atom stereocenters. The fourth-order valence-electron chi connectivity index (χ4n) is 2.25. The minimum absolute atomic E-state index is 0.0722. The van der Waals surface area contributed by atoms with Gasteiger partial charge in [-0.2, -0.15) is 0 Å². The van der Waals surface area contributed by atoms with Crippen LogP contribution in [0.5, 0.6) is 0 Å². The molecule has 0 unspecified atom stereocenters. The van der Waals surface area contributed by atoms with E-state index in [1.165, 1.54) is 11.3 Å². The van der Waals surface area contributed by atoms with E-state index in [0.717, 1.165) is 12.8 Å². The van der Waals surface area contributed by atoms with Gasteiger partial charge >= 0.3 is 5.97 Å². The summed E-state index contributed by atoms with van der Waals surface area (Å²) in [5.74, 6) is -1.27. The van der Waals surface area contributed by atoms with Gasteiger partial charge in [0, 0.05) is 5.38 Å². The molecule has 1 heterocycles. The largest absolute Gasteiger partial charge is 0.480 e. The van der Waals surface area contributed by atoms with Crippen LogP contribution in [-0.2, 0) is 16.0 Å². The fraction of sp³-hybridized carbons (Fsp3) is 0.545. The third-order valence-electron chi connectivity index (χ3n) is 3.16. The quantitative estimate of drug-likeness (QED) is 0.749. The summed E-state index contributed by atoms with van der Waals surface area (Å²) in [4.78, 5) is 27.1. The molecule has 7 heteroatoms. The number of nitrogens with one attached hydrogen (secondary N) is 1. The van der Waals surface area contributed by atoms with Crippen molar-refractivity contribution >= 4 is 28.3 Å². The van der Waals surface area contributed by atoms with Crippen LogP contribution >= 0.6 is 11.3 Å². The van der Waals surface area contributed by atoms with Gasteiger partial charge in [0.25, 0.3) is 0 Å². The zero-order chi connectivity index (χ0) is 13.2. The number of hydrogen-bond acceptors (Lipinski definition) is 5. The normalized spacial score (nSPS) is 17.6. The fourth-order valence-corrected chi connectivity index (χ4v) is 2.81. The minimum atomic E-state index is -1.08. The summed E-state index contributed by atoms with van der Waals surface area (Å²) >= 11 is 1.26. The lowest BCUT2D eigenvalue weighted by molar-refractivity contribution is -0.147. The first kappa shape index (κ1) is 12.8. The number of aliphatic carboxylic acids is 1. The molecule has 0 saturated heterocycles. The summed E-state index contributed by atoms with van der Waals surface area (Å²) < 4.78 is 0. The molecular formula is C11H15N3O3S. The first-order chi connectivity index (χ1) is 8.52. The second-order valence-corrected chi connectivity index (χ2v) is 5.39. The molecule has 1 aromatic rings. The van der Waals surface area contributed by atoms with E-state index >= 15 is 0 Å². The molecule has 1 saturated carbocycles. The molecular weight excluding hydrogens is 254 g/mol. The molecule has 1 fully saturated rings. The van der Waals surface area contributed by atoms with Crippen LogP contribution in [0.2, 0.25) is 0 Å². The summed E-state index contributed by atoms with van der Waals surface area (Å²) in [6.45, 7) is 0. The number of carbonyl (C=O) groups excluding carboxylic acids is 1. The number of amides is 1. The number of carboxylic acid groups (broad SMARTS) is 1. The topological polar surface area (TPSA) is 105 Å². The van der Waals surface area contributed by atoms with Crippen LogP contribution in [0.3, 0.4) is 0 Å². The Hall–Kier alpha value is -1.63. The van der Waals surface area contributed by atoms with Crippen LogP contribution in [0.15, 0.2) is 5.38 Å². The Morgan fingerprint density at radius 3 is 2.67 bits per heavy atom. The summed E-state index contributed by atoms with van der Waals surface area (Å²) in [6, 6.07) is 0. The van der Waals surface area contributed by atoms with Crippen molar-refractivity contribution in [1.29, 1.82) is 0 Å². The van der Waals surface area contributed by atoms with E-state index in [1.807, 2.05) is 0 Å². The van der Waals surface area contributed by atoms with E-state index in [9.17, 15) is 14.7 Å². The van der Waals surface area contributed by atoms with Gasteiger partial charge in [-0.25, -0.2) is 9.78 Å². The molecule has 18 heavy (non-hydrogen) atoms. The number of anilines is 1. The van der Waals surface area contributed by atoms with Crippen molar-refractivity contribution in [3.8, 4) is 0 Å². The zero-order valence-corrected chi connectivity index (χ0v) is 10.6. The molecule has 1 aromatic heterocycles. The van der Waals surface area contributed by atoms with Gasteiger partial charge in [-0.15, -0.1) is 11.3 Å². The molecule has 6 nitrogen and oxygen atoms in total. The highest BCUT2D eigenvalue weighted by atomic mass is 32.1. The number of nitrogen functional groups attached to an aromatic ring is 1. The maximum atomic E-state index is 11.8. The summed E-state index contributed by atoms with van der Waals surface area (Å²) in [6.07, 6.45) is 2.72. The van der Waals surface area contributed by atoms with E-state index in [-0.39, 0.29) is 12.3 Å². The van der Waals surface area contributed by atoms with E-state index < -0.39 is 11.5 Å². The first-order valence-electron chi connectivity index (χ1n) is 5.76. The summed E-state index contributed by atoms with van der Waals surface area (Å²) in [5.41, 5.74) is 4.97. The van der Waals surface area contributed by atoms with Crippen LogP contribution in [0.1, 0.15) is 31.4 Å². The van der Waals surface area contributed by atoms with Crippen LogP contribution < -0.4 is 11.1 Å². The molecule has 1 aliphatic carbocycles. The maximum absolute atomic E-state index is 11.8. The van der Waals surface area contributed by atoms with Crippen molar-refractivity contribution in [3.63, 3.8) is 0 Å². The SMILES string of the molecule is Nc1nc(CC(=O)NC2(C(=O)O)CCCC2)cs1. The van der Waals surface area contributed by atoms with E-state index in [4.69, 9.17) is 5.73 Å². The van der Waals surface area contributed by atoms with Crippen LogP contribution in [-0.4, -0.2) is 27.5 Å². The summed E-state index contributed by atoms with van der Waals surface area (Å²) in [5, 5.41) is 14.0. The van der Waals surface area contributed by atoms with Gasteiger partial charge in [0.15, 0.2) is 5.13 Å². The van der Waals surface area contributed by atoms with Crippen molar-refractivity contribution in [2.75, 3.05) is 5.73 Å². The first-order valence-corrected chi connectivity index (χ1v) is 6.64. The number of nitrogens with zero attached hydrogens (tertiary/aromatic N) is 1. The Morgan fingerprint density at radius 1 is 1.50 bits per heavy atom. The number of carboxylic acids is 1. The Morgan fingerprint density at radius 2 is 2.17 bits per heavy atom. The second-order valence-electron chi connectivity index (χ2n) is 4.50. The maximum Gasteiger partial charge on any atom is 0.329 e. The van der Waals surface area contributed by atoms with E-state index in [2.05, 4.69) is 10.3 Å². The van der Waals surface area contributed by atoms with Gasteiger partial charge < -0.3 is 16.2 Å². The molecule has 2 rings (SSSR count). The van der Waals surface area contributed by atoms with Crippen molar-refractivity contribution in [3.05, 3.63) is 11.1 Å². The van der Waals surface area contributed by atoms with Gasteiger partial charge in [0.05, 0.1) is 12.1 Å². The van der Waals surface area contributed by atoms with Gasteiger partial charge in [0.1, 0.15) is 5.54 Å². The van der Waals surface area contributed by atoms with Crippen LogP contribution in [0.25, 0.3) is 0 Å². The molecule has 0 radical (unpaired) electrons. The van der Waals surface area contributed by atoms with Crippen LogP contribution in [0.4, 0.5) is 5.13 Å². The van der Waals surface area contributed by atoms with E-state index in [0.29, 0.717) is 23.7 Å². The highest BCUT2D eigenvalue weighted by molar-refractivity contribution is 7.13. The Labute approximate surface area is 108 Å². The monoisotopic (exact) mass is 269 g/mol. The number of carbonyl (C=O) groups is 2. The third-order valence-corrected chi connectivity index (χ3v) is 3.88. The third kappa shape index (κ3) is 2.61. The van der Waals surface area contributed by atoms with Crippen molar-refractivity contribution in [2.24, 2.45) is 0 Å². The van der Waals surface area contributed by atoms with Crippen molar-refractivity contribution < 1.29 is 14.7 Å². The second kappa shape index (κ2) is 4.93. The lowest BCUT2D eigenvalue weighted by atomic mass is 9.97. The average Bonchev–Trinajstić information content (AvgIpc) is 2.89. The van der Waals surface area contributed by atoms with Crippen molar-refractivity contribution in [1.82, 2.24) is 10.3 Å². The average molecular weight is 269 g/mol. The molecule has 1 amide bonds. The molecule has 0 spiro atoms. The number of thiazole rings is 1. The highest BCUT2D eigenvalue weighted by Crippen LogP contribution is 2.30. The number of aromatic nitrogens is 1. The van der Waals surface area contributed by atoms with Crippen molar-refractivity contribution in [2.45, 2.75) is 37.6 Å². The minimum Gasteiger partial charge on any atom is -0.480 e. The highest BCUT2D eigenvalue weighted by Gasteiger charge is 2.42. The lowest BCUT2D eigenvalue weighted by Crippen LogP contribution is -2.52. The van der Waals surface area contributed by atoms with Gasteiger partial charge in [0.2, 0.25) is 5.91 Å². The molecule has 0 aromatic carbocycles. The van der Waals surface area contributed by atoms with Crippen LogP contribution in [0, 0.1) is 0 Å². The standard InChI is InChI=1S/C11H15N3O3S/c12-10-13-7(6-18-10)5-8(15)14-11(9(16)17)3-1-2-4-11/h6H,1-5H2,(H2,12,13)(H,14,15)(H,16,17). The predicted molar refractivity (Wildman–Crippen MR) is 67.2 cm³/mol. The molecule has 4 N–H and O–H groups in total. The number of hydrogen-bond donors (Lipinski definition) is 3. The molecule has 98 valence electrons. The number of rotatable bonds is 4.